The van der Waals surface area contributed by atoms with E-state index in [4.69, 9.17) is 5.73 Å². The number of aromatic nitrogens is 4. The van der Waals surface area contributed by atoms with Crippen molar-refractivity contribution in [1.29, 1.82) is 0 Å². The van der Waals surface area contributed by atoms with Gasteiger partial charge in [0.25, 0.3) is 0 Å². The van der Waals surface area contributed by atoms with Crippen LogP contribution < -0.4 is 10.6 Å². The first-order valence-electron chi connectivity index (χ1n) is 5.89. The van der Waals surface area contributed by atoms with Crippen LogP contribution in [0.5, 0.6) is 0 Å². The highest BCUT2D eigenvalue weighted by molar-refractivity contribution is 5.57. The smallest absolute Gasteiger partial charge is 0.225 e. The van der Waals surface area contributed by atoms with E-state index in [1.54, 1.807) is 18.6 Å². The fourth-order valence-corrected chi connectivity index (χ4v) is 1.61. The van der Waals surface area contributed by atoms with Gasteiger partial charge in [0.1, 0.15) is 5.82 Å². The Morgan fingerprint density at radius 2 is 1.61 bits per heavy atom. The fourth-order valence-electron chi connectivity index (χ4n) is 1.61. The third-order valence-electron chi connectivity index (χ3n) is 2.65. The van der Waals surface area contributed by atoms with Gasteiger partial charge in [0.15, 0.2) is 0 Å². The molecule has 2 N–H and O–H groups in total. The third kappa shape index (κ3) is 2.53. The van der Waals surface area contributed by atoms with Crippen molar-refractivity contribution in [3.05, 3.63) is 24.8 Å². The van der Waals surface area contributed by atoms with Crippen LogP contribution in [0.2, 0.25) is 0 Å². The van der Waals surface area contributed by atoms with Crippen LogP contribution in [0.1, 0.15) is 13.8 Å². The highest BCUT2D eigenvalue weighted by atomic mass is 15.2. The first-order valence-corrected chi connectivity index (χ1v) is 5.89. The van der Waals surface area contributed by atoms with Crippen LogP contribution in [-0.4, -0.2) is 33.0 Å². The summed E-state index contributed by atoms with van der Waals surface area (Å²) in [6, 6.07) is 0. The Kier molecular flexibility index (Phi) is 3.66. The Labute approximate surface area is 106 Å². The molecular weight excluding hydrogens is 228 g/mol. The molecule has 0 bridgehead atoms. The molecule has 0 atom stereocenters. The van der Waals surface area contributed by atoms with Gasteiger partial charge in [-0.2, -0.15) is 0 Å². The van der Waals surface area contributed by atoms with Crippen molar-refractivity contribution >= 4 is 11.8 Å². The Hall–Kier alpha value is -2.24. The lowest BCUT2D eigenvalue weighted by Crippen LogP contribution is -2.23. The maximum Gasteiger partial charge on any atom is 0.225 e. The summed E-state index contributed by atoms with van der Waals surface area (Å²) in [7, 11) is 0. The lowest BCUT2D eigenvalue weighted by atomic mass is 10.2. The number of rotatable bonds is 4. The fraction of sp³-hybridized carbons (Fsp3) is 0.333. The normalized spacial score (nSPS) is 10.3. The third-order valence-corrected chi connectivity index (χ3v) is 2.65. The average molecular weight is 244 g/mol. The second kappa shape index (κ2) is 5.39. The minimum absolute atomic E-state index is 0.402. The molecule has 0 unspecified atom stereocenters. The summed E-state index contributed by atoms with van der Waals surface area (Å²) in [6.45, 7) is 5.92. The predicted molar refractivity (Wildman–Crippen MR) is 71.0 cm³/mol. The topological polar surface area (TPSA) is 80.8 Å². The van der Waals surface area contributed by atoms with Crippen molar-refractivity contribution < 1.29 is 0 Å². The van der Waals surface area contributed by atoms with Crippen molar-refractivity contribution in [3.63, 3.8) is 0 Å². The molecule has 0 aromatic carbocycles. The summed E-state index contributed by atoms with van der Waals surface area (Å²) in [5.74, 6) is 1.13. The molecule has 94 valence electrons. The van der Waals surface area contributed by atoms with E-state index in [-0.39, 0.29) is 0 Å². The Bertz CT molecular complexity index is 489. The summed E-state index contributed by atoms with van der Waals surface area (Å²) in [6.07, 6.45) is 6.64. The van der Waals surface area contributed by atoms with Crippen LogP contribution in [0.3, 0.4) is 0 Å². The molecule has 2 aromatic heterocycles. The summed E-state index contributed by atoms with van der Waals surface area (Å²) >= 11 is 0. The second-order valence-corrected chi connectivity index (χ2v) is 3.77. The Balaban J connectivity index is 2.24. The monoisotopic (exact) mass is 244 g/mol. The molecule has 6 heteroatoms. The first-order chi connectivity index (χ1) is 8.74. The van der Waals surface area contributed by atoms with Crippen LogP contribution >= 0.6 is 0 Å². The molecule has 0 saturated carbocycles. The summed E-state index contributed by atoms with van der Waals surface area (Å²) < 4.78 is 0. The highest BCUT2D eigenvalue weighted by Gasteiger charge is 2.06. The maximum absolute atomic E-state index is 5.49. The highest BCUT2D eigenvalue weighted by Crippen LogP contribution is 2.16. The maximum atomic E-state index is 5.49. The van der Waals surface area contributed by atoms with Gasteiger partial charge in [-0.3, -0.25) is 4.98 Å². The van der Waals surface area contributed by atoms with E-state index in [0.29, 0.717) is 5.82 Å². The molecule has 0 aliphatic carbocycles. The molecule has 0 fully saturated rings. The van der Waals surface area contributed by atoms with E-state index in [2.05, 4.69) is 38.7 Å². The quantitative estimate of drug-likeness (QED) is 0.874. The van der Waals surface area contributed by atoms with Crippen molar-refractivity contribution in [2.45, 2.75) is 13.8 Å². The van der Waals surface area contributed by atoms with Crippen molar-refractivity contribution in [3.8, 4) is 11.3 Å². The molecular formula is C12H16N6. The van der Waals surface area contributed by atoms with Gasteiger partial charge in [-0.1, -0.05) is 0 Å². The van der Waals surface area contributed by atoms with Gasteiger partial charge in [-0.15, -0.1) is 0 Å². The van der Waals surface area contributed by atoms with E-state index < -0.39 is 0 Å². The largest absolute Gasteiger partial charge is 0.382 e. The van der Waals surface area contributed by atoms with Gasteiger partial charge in [0.2, 0.25) is 5.95 Å². The van der Waals surface area contributed by atoms with Gasteiger partial charge < -0.3 is 10.6 Å². The van der Waals surface area contributed by atoms with E-state index >= 15 is 0 Å². The standard InChI is InChI=1S/C12H16N6/c1-3-18(4-2)12-16-5-9(6-17-12)10-7-15-11(13)8-14-10/h5-8H,3-4H2,1-2H3,(H2,13,15). The molecule has 2 rings (SSSR count). The summed E-state index contributed by atoms with van der Waals surface area (Å²) in [5, 5.41) is 0. The zero-order valence-corrected chi connectivity index (χ0v) is 10.5. The molecule has 0 saturated heterocycles. The minimum Gasteiger partial charge on any atom is -0.382 e. The number of nitrogens with two attached hydrogens (primary N) is 1. The van der Waals surface area contributed by atoms with Crippen molar-refractivity contribution in [2.24, 2.45) is 0 Å². The molecule has 2 heterocycles. The molecule has 0 amide bonds. The molecule has 0 spiro atoms. The molecule has 0 aliphatic heterocycles. The number of nitrogen functional groups attached to an aromatic ring is 1. The number of hydrogen-bond donors (Lipinski definition) is 1. The zero-order chi connectivity index (χ0) is 13.0. The van der Waals surface area contributed by atoms with E-state index in [1.807, 2.05) is 0 Å². The molecule has 2 aromatic rings. The number of hydrogen-bond acceptors (Lipinski definition) is 6. The number of anilines is 2. The zero-order valence-electron chi connectivity index (χ0n) is 10.5. The van der Waals surface area contributed by atoms with Gasteiger partial charge in [0.05, 0.1) is 18.1 Å². The van der Waals surface area contributed by atoms with E-state index in [1.165, 1.54) is 6.20 Å². The minimum atomic E-state index is 0.402. The van der Waals surface area contributed by atoms with Crippen LogP contribution in [0, 0.1) is 0 Å². The van der Waals surface area contributed by atoms with Gasteiger partial charge in [-0.25, -0.2) is 15.0 Å². The summed E-state index contributed by atoms with van der Waals surface area (Å²) in [4.78, 5) is 18.9. The molecule has 0 aliphatic rings. The van der Waals surface area contributed by atoms with Crippen LogP contribution in [-0.2, 0) is 0 Å². The lowest BCUT2D eigenvalue weighted by molar-refractivity contribution is 0.821. The second-order valence-electron chi connectivity index (χ2n) is 3.77. The average Bonchev–Trinajstić information content (AvgIpc) is 2.42. The SMILES string of the molecule is CCN(CC)c1ncc(-c2cnc(N)cn2)cn1. The van der Waals surface area contributed by atoms with Gasteiger partial charge in [0, 0.05) is 31.0 Å². The first kappa shape index (κ1) is 12.2. The van der Waals surface area contributed by atoms with Crippen molar-refractivity contribution in [2.75, 3.05) is 23.7 Å². The van der Waals surface area contributed by atoms with Gasteiger partial charge in [-0.05, 0) is 13.8 Å². The Morgan fingerprint density at radius 3 is 2.11 bits per heavy atom. The van der Waals surface area contributed by atoms with Crippen LogP contribution in [0.15, 0.2) is 24.8 Å². The molecule has 18 heavy (non-hydrogen) atoms. The Morgan fingerprint density at radius 1 is 0.944 bits per heavy atom. The van der Waals surface area contributed by atoms with E-state index in [9.17, 15) is 0 Å². The lowest BCUT2D eigenvalue weighted by Gasteiger charge is -2.17. The number of nitrogens with zero attached hydrogens (tertiary/aromatic N) is 5. The van der Waals surface area contributed by atoms with E-state index in [0.717, 1.165) is 30.3 Å². The molecule has 0 radical (unpaired) electrons. The molecule has 6 nitrogen and oxygen atoms in total. The summed E-state index contributed by atoms with van der Waals surface area (Å²) in [5.41, 5.74) is 7.04. The predicted octanol–water partition coefficient (Wildman–Crippen LogP) is 1.36. The van der Waals surface area contributed by atoms with Crippen molar-refractivity contribution in [1.82, 2.24) is 19.9 Å². The van der Waals surface area contributed by atoms with Gasteiger partial charge >= 0.3 is 0 Å². The van der Waals surface area contributed by atoms with Crippen LogP contribution in [0.25, 0.3) is 11.3 Å². The van der Waals surface area contributed by atoms with Crippen LogP contribution in [0.4, 0.5) is 11.8 Å².